The fourth-order valence-electron chi connectivity index (χ4n) is 3.01. The monoisotopic (exact) mass is 547 g/mol. The van der Waals surface area contributed by atoms with Gasteiger partial charge in [-0.2, -0.15) is 0 Å². The van der Waals surface area contributed by atoms with Crippen molar-refractivity contribution < 1.29 is 19.2 Å². The number of rotatable bonds is 9. The van der Waals surface area contributed by atoms with E-state index in [9.17, 15) is 14.9 Å². The van der Waals surface area contributed by atoms with E-state index in [1.165, 1.54) is 19.2 Å². The summed E-state index contributed by atoms with van der Waals surface area (Å²) in [5, 5.41) is 16.9. The Morgan fingerprint density at radius 2 is 1.84 bits per heavy atom. The van der Waals surface area contributed by atoms with Gasteiger partial charge in [-0.05, 0) is 71.0 Å². The molecule has 8 nitrogen and oxygen atoms in total. The third kappa shape index (κ3) is 6.33. The number of methoxy groups -OCH3 is 1. The van der Waals surface area contributed by atoms with Crippen LogP contribution in [0.15, 0.2) is 60.7 Å². The first-order chi connectivity index (χ1) is 15.4. The summed E-state index contributed by atoms with van der Waals surface area (Å²) < 4.78 is 12.0. The van der Waals surface area contributed by atoms with Crippen molar-refractivity contribution in [3.63, 3.8) is 0 Å². The van der Waals surface area contributed by atoms with Gasteiger partial charge in [0.2, 0.25) is 0 Å². The summed E-state index contributed by atoms with van der Waals surface area (Å²) in [5.41, 5.74) is 3.32. The van der Waals surface area contributed by atoms with Gasteiger partial charge in [-0.3, -0.25) is 14.9 Å². The Morgan fingerprint density at radius 1 is 1.09 bits per heavy atom. The highest BCUT2D eigenvalue weighted by atomic mass is 127. The lowest BCUT2D eigenvalue weighted by atomic mass is 10.2. The zero-order valence-electron chi connectivity index (χ0n) is 17.6. The molecule has 9 heteroatoms. The lowest BCUT2D eigenvalue weighted by molar-refractivity contribution is -0.384. The Labute approximate surface area is 199 Å². The van der Waals surface area contributed by atoms with Crippen LogP contribution in [-0.2, 0) is 11.3 Å². The molecule has 0 atom stereocenters. The standard InChI is InChI=1S/C23H22IN3O5/c1-15-5-3-7-18(9-15)26-22(28)14-32-23-20(24)10-16(11-21(23)31-2)13-25-17-6-4-8-19(12-17)27(29)30/h3-12,25H,13-14H2,1-2H3,(H,26,28). The molecule has 0 aliphatic rings. The zero-order chi connectivity index (χ0) is 23.1. The fraction of sp³-hybridized carbons (Fsp3) is 0.174. The number of carbonyl (C=O) groups excluding carboxylic acids is 1. The highest BCUT2D eigenvalue weighted by molar-refractivity contribution is 14.1. The Balaban J connectivity index is 1.65. The highest BCUT2D eigenvalue weighted by Crippen LogP contribution is 2.34. The topological polar surface area (TPSA) is 103 Å². The maximum atomic E-state index is 12.3. The quantitative estimate of drug-likeness (QED) is 0.218. The lowest BCUT2D eigenvalue weighted by Crippen LogP contribution is -2.20. The molecule has 0 bridgehead atoms. The first kappa shape index (κ1) is 23.3. The van der Waals surface area contributed by atoms with Gasteiger partial charge in [0.15, 0.2) is 18.1 Å². The summed E-state index contributed by atoms with van der Waals surface area (Å²) >= 11 is 2.12. The molecule has 0 aliphatic carbocycles. The molecular weight excluding hydrogens is 525 g/mol. The van der Waals surface area contributed by atoms with Crippen LogP contribution in [0, 0.1) is 20.6 Å². The molecular formula is C23H22IN3O5. The molecule has 0 aromatic heterocycles. The largest absolute Gasteiger partial charge is 0.493 e. The number of nitro groups is 1. The van der Waals surface area contributed by atoms with Crippen molar-refractivity contribution in [3.8, 4) is 11.5 Å². The number of ether oxygens (including phenoxy) is 2. The molecule has 166 valence electrons. The van der Waals surface area contributed by atoms with Crippen LogP contribution in [0.2, 0.25) is 0 Å². The number of hydrogen-bond acceptors (Lipinski definition) is 6. The van der Waals surface area contributed by atoms with E-state index in [4.69, 9.17) is 9.47 Å². The minimum Gasteiger partial charge on any atom is -0.493 e. The molecule has 0 radical (unpaired) electrons. The number of anilines is 2. The lowest BCUT2D eigenvalue weighted by Gasteiger charge is -2.15. The Bertz CT molecular complexity index is 1140. The molecule has 3 aromatic rings. The summed E-state index contributed by atoms with van der Waals surface area (Å²) in [7, 11) is 1.53. The predicted molar refractivity (Wildman–Crippen MR) is 131 cm³/mol. The van der Waals surface area contributed by atoms with Crippen LogP contribution < -0.4 is 20.1 Å². The molecule has 0 spiro atoms. The molecule has 0 fully saturated rings. The van der Waals surface area contributed by atoms with E-state index in [0.29, 0.717) is 29.4 Å². The predicted octanol–water partition coefficient (Wildman–Crippen LogP) is 5.15. The maximum Gasteiger partial charge on any atom is 0.271 e. The van der Waals surface area contributed by atoms with Gasteiger partial charge in [0.1, 0.15) is 0 Å². The second-order valence-electron chi connectivity index (χ2n) is 6.98. The number of amides is 1. The van der Waals surface area contributed by atoms with Crippen LogP contribution in [0.5, 0.6) is 11.5 Å². The molecule has 32 heavy (non-hydrogen) atoms. The number of nitro benzene ring substituents is 1. The number of nitrogens with zero attached hydrogens (tertiary/aromatic N) is 1. The summed E-state index contributed by atoms with van der Waals surface area (Å²) in [6, 6.07) is 17.5. The first-order valence-corrected chi connectivity index (χ1v) is 10.8. The number of aryl methyl sites for hydroxylation is 1. The first-order valence-electron chi connectivity index (χ1n) is 9.70. The average Bonchev–Trinajstić information content (AvgIpc) is 2.76. The normalized spacial score (nSPS) is 10.3. The SMILES string of the molecule is COc1cc(CNc2cccc([N+](=O)[O-])c2)cc(I)c1OCC(=O)Nc1cccc(C)c1. The van der Waals surface area contributed by atoms with Crippen molar-refractivity contribution >= 4 is 45.6 Å². The summed E-state index contributed by atoms with van der Waals surface area (Å²) in [5.74, 6) is 0.701. The third-order valence-electron chi connectivity index (χ3n) is 4.49. The molecule has 2 N–H and O–H groups in total. The van der Waals surface area contributed by atoms with E-state index in [0.717, 1.165) is 14.7 Å². The Morgan fingerprint density at radius 3 is 2.56 bits per heavy atom. The zero-order valence-corrected chi connectivity index (χ0v) is 19.7. The number of halogens is 1. The summed E-state index contributed by atoms with van der Waals surface area (Å²) in [4.78, 5) is 22.8. The molecule has 0 aliphatic heterocycles. The maximum absolute atomic E-state index is 12.3. The van der Waals surface area contributed by atoms with Crippen molar-refractivity contribution in [2.24, 2.45) is 0 Å². The van der Waals surface area contributed by atoms with Gasteiger partial charge < -0.3 is 20.1 Å². The van der Waals surface area contributed by atoms with Crippen LogP contribution >= 0.6 is 22.6 Å². The Hall–Kier alpha value is -3.34. The van der Waals surface area contributed by atoms with Crippen LogP contribution in [0.3, 0.4) is 0 Å². The molecule has 3 rings (SSSR count). The summed E-state index contributed by atoms with van der Waals surface area (Å²) in [6.07, 6.45) is 0. The van der Waals surface area contributed by atoms with Gasteiger partial charge in [0, 0.05) is 30.1 Å². The fourth-order valence-corrected chi connectivity index (χ4v) is 3.83. The van der Waals surface area contributed by atoms with Gasteiger partial charge >= 0.3 is 0 Å². The molecule has 3 aromatic carbocycles. The van der Waals surface area contributed by atoms with Crippen molar-refractivity contribution in [1.82, 2.24) is 0 Å². The minimum absolute atomic E-state index is 0.0230. The van der Waals surface area contributed by atoms with Crippen LogP contribution in [0.1, 0.15) is 11.1 Å². The van der Waals surface area contributed by atoms with Crippen LogP contribution in [-0.4, -0.2) is 24.5 Å². The van der Waals surface area contributed by atoms with E-state index in [1.54, 1.807) is 18.2 Å². The van der Waals surface area contributed by atoms with E-state index in [2.05, 4.69) is 33.2 Å². The highest BCUT2D eigenvalue weighted by Gasteiger charge is 2.14. The van der Waals surface area contributed by atoms with E-state index in [1.807, 2.05) is 37.3 Å². The van der Waals surface area contributed by atoms with Gasteiger partial charge in [0.05, 0.1) is 15.6 Å². The van der Waals surface area contributed by atoms with E-state index in [-0.39, 0.29) is 18.2 Å². The van der Waals surface area contributed by atoms with Crippen molar-refractivity contribution in [2.45, 2.75) is 13.5 Å². The van der Waals surface area contributed by atoms with Crippen molar-refractivity contribution in [2.75, 3.05) is 24.4 Å². The third-order valence-corrected chi connectivity index (χ3v) is 5.29. The van der Waals surface area contributed by atoms with Crippen molar-refractivity contribution in [3.05, 3.63) is 85.5 Å². The number of nitrogens with one attached hydrogen (secondary N) is 2. The summed E-state index contributed by atoms with van der Waals surface area (Å²) in [6.45, 7) is 2.22. The molecule has 0 heterocycles. The second-order valence-corrected chi connectivity index (χ2v) is 8.14. The average molecular weight is 547 g/mol. The molecule has 0 unspecified atom stereocenters. The molecule has 0 saturated heterocycles. The number of carbonyl (C=O) groups is 1. The molecule has 0 saturated carbocycles. The van der Waals surface area contributed by atoms with Gasteiger partial charge in [-0.15, -0.1) is 0 Å². The Kier molecular flexibility index (Phi) is 7.87. The second kappa shape index (κ2) is 10.8. The van der Waals surface area contributed by atoms with Crippen LogP contribution in [0.25, 0.3) is 0 Å². The minimum atomic E-state index is -0.432. The molecule has 1 amide bonds. The van der Waals surface area contributed by atoms with E-state index < -0.39 is 4.92 Å². The van der Waals surface area contributed by atoms with Gasteiger partial charge in [0.25, 0.3) is 11.6 Å². The van der Waals surface area contributed by atoms with Crippen molar-refractivity contribution in [1.29, 1.82) is 0 Å². The number of hydrogen-bond donors (Lipinski definition) is 2. The van der Waals surface area contributed by atoms with Crippen LogP contribution in [0.4, 0.5) is 17.1 Å². The number of non-ortho nitro benzene ring substituents is 1. The smallest absolute Gasteiger partial charge is 0.271 e. The van der Waals surface area contributed by atoms with E-state index >= 15 is 0 Å². The van der Waals surface area contributed by atoms with Gasteiger partial charge in [-0.25, -0.2) is 0 Å². The van der Waals surface area contributed by atoms with Gasteiger partial charge in [-0.1, -0.05) is 18.2 Å². The number of benzene rings is 3.